The molecular weight excluding hydrogens is 295 g/mol. The zero-order valence-corrected chi connectivity index (χ0v) is 13.1. The Bertz CT molecular complexity index is 664. The van der Waals surface area contributed by atoms with Gasteiger partial charge in [0.05, 0.1) is 12.8 Å². The van der Waals surface area contributed by atoms with Crippen molar-refractivity contribution in [2.45, 2.75) is 13.8 Å². The van der Waals surface area contributed by atoms with E-state index in [2.05, 4.69) is 24.4 Å². The van der Waals surface area contributed by atoms with Crippen molar-refractivity contribution in [2.75, 3.05) is 6.61 Å². The summed E-state index contributed by atoms with van der Waals surface area (Å²) < 4.78 is 18.4. The Morgan fingerprint density at radius 2 is 1.83 bits per heavy atom. The molecule has 0 heterocycles. The van der Waals surface area contributed by atoms with Gasteiger partial charge in [0, 0.05) is 5.56 Å². The zero-order valence-electron chi connectivity index (χ0n) is 13.1. The van der Waals surface area contributed by atoms with Crippen LogP contribution in [0.25, 0.3) is 0 Å². The zero-order chi connectivity index (χ0) is 16.7. The van der Waals surface area contributed by atoms with Gasteiger partial charge >= 0.3 is 0 Å². The molecule has 0 aliphatic heterocycles. The van der Waals surface area contributed by atoms with Crippen LogP contribution in [0.15, 0.2) is 53.6 Å². The van der Waals surface area contributed by atoms with Crippen molar-refractivity contribution in [3.05, 3.63) is 65.5 Å². The molecule has 0 saturated carbocycles. The molecule has 4 nitrogen and oxygen atoms in total. The van der Waals surface area contributed by atoms with Crippen molar-refractivity contribution in [3.63, 3.8) is 0 Å². The molecule has 2 aromatic carbocycles. The lowest BCUT2D eigenvalue weighted by atomic mass is 10.2. The number of carbonyl (C=O) groups excluding carboxylic acids is 1. The Morgan fingerprint density at radius 3 is 2.43 bits per heavy atom. The van der Waals surface area contributed by atoms with E-state index in [4.69, 9.17) is 4.74 Å². The van der Waals surface area contributed by atoms with E-state index in [1.165, 1.54) is 30.5 Å². The number of hydrogen-bond acceptors (Lipinski definition) is 3. The molecule has 0 spiro atoms. The molecular formula is C18H19FN2O2. The average Bonchev–Trinajstić information content (AvgIpc) is 2.54. The van der Waals surface area contributed by atoms with E-state index in [1.54, 1.807) is 0 Å². The molecule has 2 aromatic rings. The van der Waals surface area contributed by atoms with Crippen LogP contribution in [0.3, 0.4) is 0 Å². The summed E-state index contributed by atoms with van der Waals surface area (Å²) in [6, 6.07) is 12.7. The van der Waals surface area contributed by atoms with Gasteiger partial charge < -0.3 is 4.74 Å². The third-order valence-electron chi connectivity index (χ3n) is 2.95. The van der Waals surface area contributed by atoms with Crippen LogP contribution in [-0.2, 0) is 0 Å². The lowest BCUT2D eigenvalue weighted by molar-refractivity contribution is 0.0955. The summed E-state index contributed by atoms with van der Waals surface area (Å²) in [4.78, 5) is 11.8. The van der Waals surface area contributed by atoms with Gasteiger partial charge in [-0.05, 0) is 60.0 Å². The van der Waals surface area contributed by atoms with E-state index in [-0.39, 0.29) is 5.82 Å². The highest BCUT2D eigenvalue weighted by Crippen LogP contribution is 2.12. The van der Waals surface area contributed by atoms with Gasteiger partial charge in [-0.15, -0.1) is 0 Å². The highest BCUT2D eigenvalue weighted by Gasteiger charge is 2.03. The van der Waals surface area contributed by atoms with E-state index >= 15 is 0 Å². The number of carbonyl (C=O) groups is 1. The Kier molecular flexibility index (Phi) is 5.86. The smallest absolute Gasteiger partial charge is 0.271 e. The van der Waals surface area contributed by atoms with Crippen LogP contribution in [-0.4, -0.2) is 18.7 Å². The van der Waals surface area contributed by atoms with Gasteiger partial charge in [0.1, 0.15) is 11.6 Å². The first-order valence-corrected chi connectivity index (χ1v) is 7.36. The molecule has 0 radical (unpaired) electrons. The van der Waals surface area contributed by atoms with E-state index in [1.807, 2.05) is 24.3 Å². The lowest BCUT2D eigenvalue weighted by Crippen LogP contribution is -2.17. The molecule has 120 valence electrons. The van der Waals surface area contributed by atoms with Crippen LogP contribution in [0.4, 0.5) is 4.39 Å². The van der Waals surface area contributed by atoms with E-state index in [0.717, 1.165) is 11.3 Å². The van der Waals surface area contributed by atoms with E-state index in [9.17, 15) is 9.18 Å². The van der Waals surface area contributed by atoms with Crippen molar-refractivity contribution in [2.24, 2.45) is 11.0 Å². The molecule has 1 N–H and O–H groups in total. The van der Waals surface area contributed by atoms with Crippen LogP contribution in [0.1, 0.15) is 29.8 Å². The molecule has 0 saturated heterocycles. The molecule has 2 rings (SSSR count). The maximum Gasteiger partial charge on any atom is 0.271 e. The summed E-state index contributed by atoms with van der Waals surface area (Å²) in [6.45, 7) is 4.84. The summed E-state index contributed by atoms with van der Waals surface area (Å²) in [5, 5.41) is 3.89. The summed E-state index contributed by atoms with van der Waals surface area (Å²) in [5.74, 6) is 0.493. The Hall–Kier alpha value is -2.69. The first-order valence-electron chi connectivity index (χ1n) is 7.36. The first-order chi connectivity index (χ1) is 11.0. The maximum atomic E-state index is 12.8. The third kappa shape index (κ3) is 5.54. The molecule has 0 aromatic heterocycles. The third-order valence-corrected chi connectivity index (χ3v) is 2.95. The number of rotatable bonds is 6. The van der Waals surface area contributed by atoms with E-state index < -0.39 is 5.91 Å². The first kappa shape index (κ1) is 16.7. The van der Waals surface area contributed by atoms with Crippen molar-refractivity contribution < 1.29 is 13.9 Å². The second-order valence-corrected chi connectivity index (χ2v) is 5.48. The molecule has 23 heavy (non-hydrogen) atoms. The fourth-order valence-corrected chi connectivity index (χ4v) is 1.74. The molecule has 0 atom stereocenters. The molecule has 0 bridgehead atoms. The number of ether oxygens (including phenoxy) is 1. The summed E-state index contributed by atoms with van der Waals surface area (Å²) >= 11 is 0. The lowest BCUT2D eigenvalue weighted by Gasteiger charge is -2.08. The van der Waals surface area contributed by atoms with Gasteiger partial charge in [-0.25, -0.2) is 9.82 Å². The Labute approximate surface area is 135 Å². The molecule has 5 heteroatoms. The van der Waals surface area contributed by atoms with Crippen LogP contribution in [0, 0.1) is 11.7 Å². The van der Waals surface area contributed by atoms with Crippen LogP contribution >= 0.6 is 0 Å². The molecule has 0 aliphatic carbocycles. The highest BCUT2D eigenvalue weighted by atomic mass is 19.1. The number of halogens is 1. The predicted molar refractivity (Wildman–Crippen MR) is 88.2 cm³/mol. The second kappa shape index (κ2) is 8.08. The van der Waals surface area contributed by atoms with Gasteiger partial charge in [0.2, 0.25) is 0 Å². The number of benzene rings is 2. The van der Waals surface area contributed by atoms with Crippen molar-refractivity contribution >= 4 is 12.1 Å². The minimum Gasteiger partial charge on any atom is -0.493 e. The monoisotopic (exact) mass is 314 g/mol. The quantitative estimate of drug-likeness (QED) is 0.654. The van der Waals surface area contributed by atoms with Crippen LogP contribution < -0.4 is 10.2 Å². The highest BCUT2D eigenvalue weighted by molar-refractivity contribution is 5.94. The van der Waals surface area contributed by atoms with Gasteiger partial charge in [-0.2, -0.15) is 5.10 Å². The minimum absolute atomic E-state index is 0.348. The summed E-state index contributed by atoms with van der Waals surface area (Å²) in [7, 11) is 0. The molecule has 0 aliphatic rings. The van der Waals surface area contributed by atoms with Crippen molar-refractivity contribution in [1.82, 2.24) is 5.43 Å². The van der Waals surface area contributed by atoms with Gasteiger partial charge in [0.25, 0.3) is 5.91 Å². The number of nitrogens with one attached hydrogen (secondary N) is 1. The largest absolute Gasteiger partial charge is 0.493 e. The maximum absolute atomic E-state index is 12.8. The van der Waals surface area contributed by atoms with Crippen molar-refractivity contribution in [1.29, 1.82) is 0 Å². The van der Waals surface area contributed by atoms with Crippen LogP contribution in [0.5, 0.6) is 5.75 Å². The fourth-order valence-electron chi connectivity index (χ4n) is 1.74. The van der Waals surface area contributed by atoms with Gasteiger partial charge in [-0.1, -0.05) is 13.8 Å². The van der Waals surface area contributed by atoms with E-state index in [0.29, 0.717) is 18.1 Å². The summed E-state index contributed by atoms with van der Waals surface area (Å²) in [6.07, 6.45) is 1.54. The predicted octanol–water partition coefficient (Wildman–Crippen LogP) is 3.62. The number of amides is 1. The minimum atomic E-state index is -0.391. The molecule has 1 amide bonds. The number of hydrogen-bond donors (Lipinski definition) is 1. The molecule has 0 unspecified atom stereocenters. The standard InChI is InChI=1S/C18H19FN2O2/c1-13(2)12-23-17-9-3-14(4-10-17)11-20-21-18(22)15-5-7-16(19)8-6-15/h3-11,13H,12H2,1-2H3,(H,21,22)/b20-11-. The topological polar surface area (TPSA) is 50.7 Å². The summed E-state index contributed by atoms with van der Waals surface area (Å²) in [5.41, 5.74) is 3.58. The SMILES string of the molecule is CC(C)COc1ccc(/C=N\NC(=O)c2ccc(F)cc2)cc1. The Balaban J connectivity index is 1.87. The Morgan fingerprint density at radius 1 is 1.17 bits per heavy atom. The molecule has 0 fully saturated rings. The van der Waals surface area contributed by atoms with Crippen molar-refractivity contribution in [3.8, 4) is 5.75 Å². The van der Waals surface area contributed by atoms with Gasteiger partial charge in [0.15, 0.2) is 0 Å². The second-order valence-electron chi connectivity index (χ2n) is 5.48. The van der Waals surface area contributed by atoms with Crippen LogP contribution in [0.2, 0.25) is 0 Å². The normalized spacial score (nSPS) is 11.0. The fraction of sp³-hybridized carbons (Fsp3) is 0.222. The van der Waals surface area contributed by atoms with Gasteiger partial charge in [-0.3, -0.25) is 4.79 Å². The average molecular weight is 314 g/mol. The number of hydrazone groups is 1. The number of nitrogens with zero attached hydrogens (tertiary/aromatic N) is 1.